The molecule has 0 saturated heterocycles. The van der Waals surface area contributed by atoms with Gasteiger partial charge in [0.15, 0.2) is 17.5 Å². The Balaban J connectivity index is 1.18. The minimum absolute atomic E-state index is 0.0638. The molecule has 0 N–H and O–H groups in total. The number of benzene rings is 7. The van der Waals surface area contributed by atoms with Crippen molar-refractivity contribution in [3.8, 4) is 56.5 Å². The van der Waals surface area contributed by atoms with Gasteiger partial charge in [0.05, 0.1) is 5.69 Å². The highest BCUT2D eigenvalue weighted by molar-refractivity contribution is 6.29. The highest BCUT2D eigenvalue weighted by atomic mass is 15.0. The summed E-state index contributed by atoms with van der Waals surface area (Å²) in [6, 6.07) is 53.5. The summed E-state index contributed by atoms with van der Waals surface area (Å²) >= 11 is 0. The van der Waals surface area contributed by atoms with Crippen molar-refractivity contribution >= 4 is 32.3 Å². The van der Waals surface area contributed by atoms with E-state index in [0.717, 1.165) is 27.9 Å². The fourth-order valence-corrected chi connectivity index (χ4v) is 8.05. The molecule has 0 spiro atoms. The third-order valence-electron chi connectivity index (χ3n) is 10.6. The third kappa shape index (κ3) is 4.60. The lowest BCUT2D eigenvalue weighted by molar-refractivity contribution is 0.661. The van der Waals surface area contributed by atoms with E-state index in [9.17, 15) is 0 Å². The van der Waals surface area contributed by atoms with Crippen LogP contribution >= 0.6 is 0 Å². The van der Waals surface area contributed by atoms with E-state index in [4.69, 9.17) is 15.0 Å². The minimum Gasteiger partial charge on any atom is -0.256 e. The van der Waals surface area contributed by atoms with E-state index in [1.807, 2.05) is 54.7 Å². The van der Waals surface area contributed by atoms with E-state index >= 15 is 0 Å². The first-order valence-electron chi connectivity index (χ1n) is 17.4. The Hall–Kier alpha value is -6.52. The molecular formula is C47H32N4. The molecule has 51 heavy (non-hydrogen) atoms. The molecule has 0 atom stereocenters. The smallest absolute Gasteiger partial charge is 0.164 e. The first-order valence-corrected chi connectivity index (χ1v) is 17.4. The van der Waals surface area contributed by atoms with Crippen LogP contribution in [-0.4, -0.2) is 19.9 Å². The number of hydrogen-bond acceptors (Lipinski definition) is 4. The number of pyridine rings is 1. The van der Waals surface area contributed by atoms with Crippen molar-refractivity contribution in [2.45, 2.75) is 19.3 Å². The largest absolute Gasteiger partial charge is 0.256 e. The maximum absolute atomic E-state index is 5.10. The molecule has 4 heteroatoms. The van der Waals surface area contributed by atoms with Crippen LogP contribution in [0.2, 0.25) is 0 Å². The van der Waals surface area contributed by atoms with Crippen LogP contribution in [0.15, 0.2) is 158 Å². The molecular weight excluding hydrogens is 621 g/mol. The van der Waals surface area contributed by atoms with Gasteiger partial charge in [-0.05, 0) is 72.8 Å². The molecule has 4 nitrogen and oxygen atoms in total. The van der Waals surface area contributed by atoms with Gasteiger partial charge >= 0.3 is 0 Å². The van der Waals surface area contributed by atoms with Crippen molar-refractivity contribution in [1.82, 2.24) is 19.9 Å². The molecule has 0 amide bonds. The topological polar surface area (TPSA) is 51.6 Å². The number of rotatable bonds is 4. The first kappa shape index (κ1) is 29.4. The molecule has 240 valence electrons. The summed E-state index contributed by atoms with van der Waals surface area (Å²) in [5.41, 5.74) is 10.2. The van der Waals surface area contributed by atoms with Crippen molar-refractivity contribution in [2.75, 3.05) is 0 Å². The highest BCUT2D eigenvalue weighted by Gasteiger charge is 2.36. The van der Waals surface area contributed by atoms with Gasteiger partial charge < -0.3 is 0 Å². The summed E-state index contributed by atoms with van der Waals surface area (Å²) in [7, 11) is 0. The summed E-state index contributed by atoms with van der Waals surface area (Å²) in [6.07, 6.45) is 1.81. The van der Waals surface area contributed by atoms with Crippen molar-refractivity contribution in [3.05, 3.63) is 169 Å². The molecule has 1 aliphatic carbocycles. The van der Waals surface area contributed by atoms with Crippen LogP contribution in [0.5, 0.6) is 0 Å². The van der Waals surface area contributed by atoms with Gasteiger partial charge in [-0.1, -0.05) is 147 Å². The Bertz CT molecular complexity index is 2790. The van der Waals surface area contributed by atoms with Crippen LogP contribution in [0.25, 0.3) is 88.9 Å². The van der Waals surface area contributed by atoms with E-state index in [1.165, 1.54) is 54.6 Å². The molecule has 1 aliphatic rings. The van der Waals surface area contributed by atoms with Crippen LogP contribution in [0.3, 0.4) is 0 Å². The molecule has 0 saturated carbocycles. The average molecular weight is 653 g/mol. The Morgan fingerprint density at radius 3 is 1.75 bits per heavy atom. The zero-order valence-corrected chi connectivity index (χ0v) is 28.3. The molecule has 0 radical (unpaired) electrons. The second-order valence-corrected chi connectivity index (χ2v) is 13.9. The monoisotopic (exact) mass is 652 g/mol. The van der Waals surface area contributed by atoms with Crippen molar-refractivity contribution in [3.63, 3.8) is 0 Å². The number of hydrogen-bond donors (Lipinski definition) is 0. The average Bonchev–Trinajstić information content (AvgIpc) is 3.44. The van der Waals surface area contributed by atoms with Crippen molar-refractivity contribution in [1.29, 1.82) is 0 Å². The lowest BCUT2D eigenvalue weighted by Crippen LogP contribution is -2.14. The fourth-order valence-electron chi connectivity index (χ4n) is 8.05. The molecule has 2 aromatic heterocycles. The zero-order chi connectivity index (χ0) is 34.1. The predicted octanol–water partition coefficient (Wildman–Crippen LogP) is 11.7. The second-order valence-electron chi connectivity index (χ2n) is 13.9. The molecule has 2 heterocycles. The summed E-state index contributed by atoms with van der Waals surface area (Å²) in [5, 5.41) is 7.47. The molecule has 9 aromatic rings. The summed E-state index contributed by atoms with van der Waals surface area (Å²) in [6.45, 7) is 4.70. The first-order chi connectivity index (χ1) is 25.0. The SMILES string of the molecule is CC1(C)c2ccccc2-c2c1ccc1c3ccc(-c4nc(-c5ccccc5)nc(-c5ccc(-c6ccccn6)cc5)n4)cc3c3ccccc3c21. The van der Waals surface area contributed by atoms with Crippen molar-refractivity contribution < 1.29 is 0 Å². The maximum atomic E-state index is 5.10. The Morgan fingerprint density at radius 2 is 0.980 bits per heavy atom. The molecule has 0 bridgehead atoms. The maximum Gasteiger partial charge on any atom is 0.164 e. The quantitative estimate of drug-likeness (QED) is 0.178. The van der Waals surface area contributed by atoms with Gasteiger partial charge in [-0.3, -0.25) is 4.98 Å². The van der Waals surface area contributed by atoms with E-state index in [1.54, 1.807) is 0 Å². The zero-order valence-electron chi connectivity index (χ0n) is 28.3. The van der Waals surface area contributed by atoms with Crippen LogP contribution in [-0.2, 0) is 5.41 Å². The second kappa shape index (κ2) is 11.3. The van der Waals surface area contributed by atoms with Crippen LogP contribution < -0.4 is 0 Å². The predicted molar refractivity (Wildman–Crippen MR) is 209 cm³/mol. The number of aromatic nitrogens is 4. The van der Waals surface area contributed by atoms with E-state index in [-0.39, 0.29) is 5.41 Å². The molecule has 0 unspecified atom stereocenters. The van der Waals surface area contributed by atoms with E-state index in [2.05, 4.69) is 122 Å². The Morgan fingerprint density at radius 1 is 0.412 bits per heavy atom. The Kier molecular flexibility index (Phi) is 6.49. The van der Waals surface area contributed by atoms with Gasteiger partial charge in [0, 0.05) is 33.9 Å². The summed E-state index contributed by atoms with van der Waals surface area (Å²) in [4.78, 5) is 19.7. The number of nitrogens with zero attached hydrogens (tertiary/aromatic N) is 4. The van der Waals surface area contributed by atoms with E-state index in [0.29, 0.717) is 17.5 Å². The molecule has 7 aromatic carbocycles. The molecule has 0 aliphatic heterocycles. The van der Waals surface area contributed by atoms with Gasteiger partial charge in [-0.15, -0.1) is 0 Å². The third-order valence-corrected chi connectivity index (χ3v) is 10.6. The van der Waals surface area contributed by atoms with Gasteiger partial charge in [0.25, 0.3) is 0 Å². The lowest BCUT2D eigenvalue weighted by Gasteiger charge is -2.22. The van der Waals surface area contributed by atoms with Gasteiger partial charge in [-0.2, -0.15) is 0 Å². The number of fused-ring (bicyclic) bond motifs is 10. The lowest BCUT2D eigenvalue weighted by atomic mass is 9.81. The highest BCUT2D eigenvalue weighted by Crippen LogP contribution is 2.53. The Labute approximate surface area is 296 Å². The van der Waals surface area contributed by atoms with Crippen LogP contribution in [0.1, 0.15) is 25.0 Å². The van der Waals surface area contributed by atoms with Crippen molar-refractivity contribution in [2.24, 2.45) is 0 Å². The van der Waals surface area contributed by atoms with Gasteiger partial charge in [0.1, 0.15) is 0 Å². The van der Waals surface area contributed by atoms with Gasteiger partial charge in [0.2, 0.25) is 0 Å². The summed E-state index contributed by atoms with van der Waals surface area (Å²) in [5.74, 6) is 1.92. The molecule has 0 fully saturated rings. The van der Waals surface area contributed by atoms with Gasteiger partial charge in [-0.25, -0.2) is 15.0 Å². The van der Waals surface area contributed by atoms with Crippen LogP contribution in [0, 0.1) is 0 Å². The normalized spacial score (nSPS) is 13.1. The minimum atomic E-state index is -0.0638. The van der Waals surface area contributed by atoms with Crippen LogP contribution in [0.4, 0.5) is 0 Å². The van der Waals surface area contributed by atoms with E-state index < -0.39 is 0 Å². The molecule has 10 rings (SSSR count). The fraction of sp³-hybridized carbons (Fsp3) is 0.0638. The standard InChI is InChI=1S/C47H32N4/c1-47(2)39-17-9-8-16-37(39)43-40(47)26-25-36-34-24-23-32(28-38(34)33-14-6-7-15-35(33)42(36)43)46-50-44(30-12-4-3-5-13-30)49-45(51-46)31-21-19-29(20-22-31)41-18-10-11-27-48-41/h3-28H,1-2H3. The summed E-state index contributed by atoms with van der Waals surface area (Å²) < 4.78 is 0.